The van der Waals surface area contributed by atoms with E-state index in [0.29, 0.717) is 37.5 Å². The number of nitrogens with one attached hydrogen (secondary N) is 1. The van der Waals surface area contributed by atoms with Crippen molar-refractivity contribution in [1.29, 1.82) is 0 Å². The Morgan fingerprint density at radius 3 is 2.38 bits per heavy atom. The van der Waals surface area contributed by atoms with Crippen LogP contribution in [0.5, 0.6) is 11.5 Å². The summed E-state index contributed by atoms with van der Waals surface area (Å²) in [6.45, 7) is 5.69. The van der Waals surface area contributed by atoms with Gasteiger partial charge >= 0.3 is 6.18 Å². The van der Waals surface area contributed by atoms with Gasteiger partial charge in [0.25, 0.3) is 0 Å². The van der Waals surface area contributed by atoms with Gasteiger partial charge in [-0.3, -0.25) is 9.78 Å². The van der Waals surface area contributed by atoms with Crippen LogP contribution in [0.25, 0.3) is 0 Å². The van der Waals surface area contributed by atoms with Crippen molar-refractivity contribution in [3.8, 4) is 11.5 Å². The number of hydrogen-bond acceptors (Lipinski definition) is 6. The molecule has 39 heavy (non-hydrogen) atoms. The molecule has 1 aromatic carbocycles. The fourth-order valence-electron chi connectivity index (χ4n) is 3.46. The summed E-state index contributed by atoms with van der Waals surface area (Å²) in [6, 6.07) is 9.96. The van der Waals surface area contributed by atoms with Crippen molar-refractivity contribution in [3.63, 3.8) is 0 Å². The van der Waals surface area contributed by atoms with E-state index in [0.717, 1.165) is 24.8 Å². The van der Waals surface area contributed by atoms with E-state index in [1.165, 1.54) is 18.3 Å². The van der Waals surface area contributed by atoms with E-state index in [9.17, 15) is 18.0 Å². The maximum atomic E-state index is 12.5. The molecular formula is C28H38F3N2O5P. The fraction of sp³-hybridized carbons (Fsp3) is 0.500. The zero-order valence-corrected chi connectivity index (χ0v) is 23.6. The molecule has 1 heterocycles. The number of ether oxygens (including phenoxy) is 2. The van der Waals surface area contributed by atoms with Gasteiger partial charge < -0.3 is 23.8 Å². The molecule has 1 aromatic heterocycles. The first kappa shape index (κ1) is 32.5. The molecule has 216 valence electrons. The number of amides is 1. The van der Waals surface area contributed by atoms with Crippen LogP contribution in [0.2, 0.25) is 0 Å². The first-order valence-electron chi connectivity index (χ1n) is 13.1. The minimum absolute atomic E-state index is 0.00384. The molecule has 0 spiro atoms. The summed E-state index contributed by atoms with van der Waals surface area (Å²) in [6.07, 6.45) is 2.84. The van der Waals surface area contributed by atoms with E-state index in [1.54, 1.807) is 12.1 Å². The van der Waals surface area contributed by atoms with Gasteiger partial charge in [0.1, 0.15) is 18.1 Å². The van der Waals surface area contributed by atoms with E-state index in [2.05, 4.69) is 17.2 Å². The Labute approximate surface area is 230 Å². The largest absolute Gasteiger partial charge is 0.487 e. The highest BCUT2D eigenvalue weighted by Crippen LogP contribution is 2.39. The first-order valence-corrected chi connectivity index (χ1v) is 14.4. The summed E-state index contributed by atoms with van der Waals surface area (Å²) in [5, 5.41) is 3.10. The average molecular weight is 571 g/mol. The number of benzene rings is 1. The van der Waals surface area contributed by atoms with E-state index in [1.807, 2.05) is 37.9 Å². The van der Waals surface area contributed by atoms with Gasteiger partial charge in [-0.15, -0.1) is 0 Å². The fourth-order valence-corrected chi connectivity index (χ4v) is 4.56. The third-order valence-electron chi connectivity index (χ3n) is 5.26. The molecule has 11 heteroatoms. The van der Waals surface area contributed by atoms with Crippen molar-refractivity contribution in [1.82, 2.24) is 10.3 Å². The number of pyridine rings is 1. The number of carbonyl (C=O) groups is 1. The molecule has 2 rings (SSSR count). The number of alkyl halides is 3. The molecule has 2 aromatic rings. The summed E-state index contributed by atoms with van der Waals surface area (Å²) in [4.78, 5) is 16.6. The lowest BCUT2D eigenvalue weighted by Crippen LogP contribution is -2.34. The smallest absolute Gasteiger partial charge is 0.422 e. The van der Waals surface area contributed by atoms with Crippen LogP contribution in [0, 0.1) is 0 Å². The van der Waals surface area contributed by atoms with Gasteiger partial charge in [0.15, 0.2) is 15.0 Å². The van der Waals surface area contributed by atoms with Crippen molar-refractivity contribution < 1.29 is 36.5 Å². The topological polar surface area (TPSA) is 78.9 Å². The van der Waals surface area contributed by atoms with Gasteiger partial charge in [0.2, 0.25) is 5.91 Å². The van der Waals surface area contributed by atoms with Crippen molar-refractivity contribution in [2.75, 3.05) is 19.8 Å². The second-order valence-electron chi connectivity index (χ2n) is 8.62. The quantitative estimate of drug-likeness (QED) is 0.152. The standard InChI is InChI=1S/C28H38F3N2O5P/c1-4-7-8-9-27(34)33-23(15-17-39(37-5-2)38-6-3)18-22-10-12-25(13-11-22)35-20-24-19-26(14-16-32-24)36-21-28(29,30)31/h10-17,19,23H,4-9,18,20-21H2,1-3H3,(H,33,34)/b17-15+/t23-/m0/s1. The van der Waals surface area contributed by atoms with Crippen LogP contribution in [0.15, 0.2) is 54.5 Å². The number of carbonyl (C=O) groups excluding carboxylic acids is 1. The van der Waals surface area contributed by atoms with Crippen LogP contribution >= 0.6 is 8.38 Å². The zero-order valence-electron chi connectivity index (χ0n) is 22.7. The Morgan fingerprint density at radius 2 is 1.74 bits per heavy atom. The zero-order chi connectivity index (χ0) is 28.5. The maximum Gasteiger partial charge on any atom is 0.422 e. The summed E-state index contributed by atoms with van der Waals surface area (Å²) < 4.78 is 59.0. The van der Waals surface area contributed by atoms with Gasteiger partial charge in [-0.25, -0.2) is 0 Å². The summed E-state index contributed by atoms with van der Waals surface area (Å²) in [7, 11) is -1.17. The SMILES string of the molecule is CCCCCC(=O)N[C@@H](/C=C/P(OCC)OCC)Cc1ccc(OCc2cc(OCC(F)(F)F)ccn2)cc1. The molecule has 0 unspecified atom stereocenters. The molecule has 0 aliphatic carbocycles. The monoisotopic (exact) mass is 570 g/mol. The number of rotatable bonds is 18. The van der Waals surface area contributed by atoms with Crippen LogP contribution in [-0.4, -0.2) is 42.9 Å². The molecule has 0 bridgehead atoms. The third kappa shape index (κ3) is 14.3. The van der Waals surface area contributed by atoms with Crippen LogP contribution < -0.4 is 14.8 Å². The molecule has 0 saturated carbocycles. The van der Waals surface area contributed by atoms with E-state index < -0.39 is 21.2 Å². The predicted molar refractivity (Wildman–Crippen MR) is 146 cm³/mol. The van der Waals surface area contributed by atoms with Crippen molar-refractivity contribution in [3.05, 3.63) is 65.7 Å². The van der Waals surface area contributed by atoms with Gasteiger partial charge in [0.05, 0.1) is 24.9 Å². The van der Waals surface area contributed by atoms with Crippen molar-refractivity contribution >= 4 is 14.3 Å². The number of hydrogen-bond donors (Lipinski definition) is 1. The highest BCUT2D eigenvalue weighted by atomic mass is 31.2. The van der Waals surface area contributed by atoms with Crippen LogP contribution in [-0.2, 0) is 26.9 Å². The van der Waals surface area contributed by atoms with Crippen LogP contribution in [0.1, 0.15) is 57.7 Å². The molecule has 0 aliphatic heterocycles. The average Bonchev–Trinajstić information content (AvgIpc) is 2.90. The molecule has 1 N–H and O–H groups in total. The Kier molecular flexibility index (Phi) is 14.9. The molecule has 7 nitrogen and oxygen atoms in total. The maximum absolute atomic E-state index is 12.5. The van der Waals surface area contributed by atoms with Gasteiger partial charge in [-0.2, -0.15) is 13.2 Å². The minimum Gasteiger partial charge on any atom is -0.487 e. The van der Waals surface area contributed by atoms with Crippen molar-refractivity contribution in [2.24, 2.45) is 0 Å². The lowest BCUT2D eigenvalue weighted by Gasteiger charge is -2.17. The van der Waals surface area contributed by atoms with Gasteiger partial charge in [-0.05, 0) is 56.3 Å². The lowest BCUT2D eigenvalue weighted by molar-refractivity contribution is -0.153. The van der Waals surface area contributed by atoms with E-state index in [-0.39, 0.29) is 24.3 Å². The Morgan fingerprint density at radius 1 is 1.03 bits per heavy atom. The Hall–Kier alpha value is -2.68. The molecule has 0 fully saturated rings. The van der Waals surface area contributed by atoms with E-state index >= 15 is 0 Å². The molecule has 0 radical (unpaired) electrons. The highest BCUT2D eigenvalue weighted by molar-refractivity contribution is 7.50. The van der Waals surface area contributed by atoms with Crippen LogP contribution in [0.3, 0.4) is 0 Å². The van der Waals surface area contributed by atoms with Crippen molar-refractivity contribution in [2.45, 2.75) is 71.7 Å². The number of unbranched alkanes of at least 4 members (excludes halogenated alkanes) is 2. The van der Waals surface area contributed by atoms with Gasteiger partial charge in [-0.1, -0.05) is 38.0 Å². The third-order valence-corrected chi connectivity index (χ3v) is 6.70. The van der Waals surface area contributed by atoms with Crippen LogP contribution in [0.4, 0.5) is 13.2 Å². The molecule has 0 saturated heterocycles. The predicted octanol–water partition coefficient (Wildman–Crippen LogP) is 7.11. The minimum atomic E-state index is -4.41. The lowest BCUT2D eigenvalue weighted by atomic mass is 10.1. The summed E-state index contributed by atoms with van der Waals surface area (Å²) >= 11 is 0. The molecule has 1 atom stereocenters. The molecule has 1 amide bonds. The number of halogens is 3. The number of aromatic nitrogens is 1. The highest BCUT2D eigenvalue weighted by Gasteiger charge is 2.28. The van der Waals surface area contributed by atoms with Gasteiger partial charge in [0, 0.05) is 18.7 Å². The summed E-state index contributed by atoms with van der Waals surface area (Å²) in [5.41, 5.74) is 1.43. The molecule has 0 aliphatic rings. The normalized spacial score (nSPS) is 12.6. The van der Waals surface area contributed by atoms with E-state index in [4.69, 9.17) is 18.5 Å². The number of nitrogens with zero attached hydrogens (tertiary/aromatic N) is 1. The first-order chi connectivity index (χ1) is 18.7. The Balaban J connectivity index is 1.99. The second kappa shape index (κ2) is 17.8. The molecular weight excluding hydrogens is 532 g/mol. The summed E-state index contributed by atoms with van der Waals surface area (Å²) in [5.74, 6) is 2.54. The second-order valence-corrected chi connectivity index (χ2v) is 10.0. The Bertz CT molecular complexity index is 999.